The number of aromatic nitrogens is 2. The third kappa shape index (κ3) is 5.23. The third-order valence-corrected chi connectivity index (χ3v) is 8.98. The Bertz CT molecular complexity index is 1520. The Hall–Kier alpha value is -3.94. The van der Waals surface area contributed by atoms with E-state index in [-0.39, 0.29) is 24.1 Å². The van der Waals surface area contributed by atoms with Crippen LogP contribution in [0.1, 0.15) is 36.1 Å². The van der Waals surface area contributed by atoms with Crippen LogP contribution in [0.4, 0.5) is 11.5 Å². The van der Waals surface area contributed by atoms with Crippen LogP contribution in [0.5, 0.6) is 6.01 Å². The molecule has 0 saturated carbocycles. The van der Waals surface area contributed by atoms with E-state index in [1.165, 1.54) is 22.0 Å². The predicted molar refractivity (Wildman–Crippen MR) is 160 cm³/mol. The van der Waals surface area contributed by atoms with Crippen LogP contribution in [-0.2, 0) is 22.5 Å². The normalized spacial score (nSPS) is 23.5. The Morgan fingerprint density at radius 3 is 2.81 bits per heavy atom. The molecule has 3 fully saturated rings. The van der Waals surface area contributed by atoms with Gasteiger partial charge in [-0.05, 0) is 43.2 Å². The Kier molecular flexibility index (Phi) is 7.30. The van der Waals surface area contributed by atoms with E-state index in [0.717, 1.165) is 56.0 Å². The summed E-state index contributed by atoms with van der Waals surface area (Å²) in [7, 11) is 0. The first kappa shape index (κ1) is 26.9. The van der Waals surface area contributed by atoms with Crippen molar-refractivity contribution >= 4 is 28.2 Å². The van der Waals surface area contributed by atoms with Gasteiger partial charge in [-0.25, -0.2) is 0 Å². The summed E-state index contributed by atoms with van der Waals surface area (Å²) < 4.78 is 12.0. The average molecular weight is 568 g/mol. The molecule has 218 valence electrons. The molecule has 0 aliphatic carbocycles. The van der Waals surface area contributed by atoms with E-state index in [2.05, 4.69) is 64.5 Å². The highest BCUT2D eigenvalue weighted by Crippen LogP contribution is 2.36. The van der Waals surface area contributed by atoms with E-state index in [4.69, 9.17) is 19.4 Å². The molecule has 2 aromatic carbocycles. The van der Waals surface area contributed by atoms with Crippen LogP contribution >= 0.6 is 0 Å². The topological polar surface area (TPSA) is 117 Å². The first-order valence-electron chi connectivity index (χ1n) is 15.1. The van der Waals surface area contributed by atoms with Gasteiger partial charge >= 0.3 is 6.01 Å². The van der Waals surface area contributed by atoms with Crippen LogP contribution < -0.4 is 19.9 Å². The maximum Gasteiger partial charge on any atom is 0.318 e. The summed E-state index contributed by atoms with van der Waals surface area (Å²) in [5, 5.41) is 15.2. The molecule has 3 saturated heterocycles. The van der Waals surface area contributed by atoms with Crippen molar-refractivity contribution in [1.82, 2.24) is 20.2 Å². The van der Waals surface area contributed by atoms with Gasteiger partial charge in [-0.3, -0.25) is 4.79 Å². The summed E-state index contributed by atoms with van der Waals surface area (Å²) in [5.74, 6) is 0.969. The highest BCUT2D eigenvalue weighted by atomic mass is 16.5. The second-order valence-corrected chi connectivity index (χ2v) is 11.8. The number of ether oxygens (including phenoxy) is 2. The first-order valence-corrected chi connectivity index (χ1v) is 15.1. The molecule has 3 aromatic rings. The number of nitriles is 1. The van der Waals surface area contributed by atoms with Crippen molar-refractivity contribution in [2.75, 3.05) is 55.7 Å². The molecule has 10 nitrogen and oxygen atoms in total. The Morgan fingerprint density at radius 1 is 1.17 bits per heavy atom. The van der Waals surface area contributed by atoms with Crippen LogP contribution in [0.15, 0.2) is 36.4 Å². The average Bonchev–Trinajstić information content (AvgIpc) is 3.74. The number of anilines is 2. The van der Waals surface area contributed by atoms with E-state index < -0.39 is 0 Å². The van der Waals surface area contributed by atoms with Crippen molar-refractivity contribution in [2.45, 2.75) is 57.3 Å². The van der Waals surface area contributed by atoms with E-state index in [9.17, 15) is 10.1 Å². The van der Waals surface area contributed by atoms with E-state index in [1.807, 2.05) is 4.90 Å². The van der Waals surface area contributed by atoms with Gasteiger partial charge < -0.3 is 29.5 Å². The zero-order valence-electron chi connectivity index (χ0n) is 24.1. The van der Waals surface area contributed by atoms with Gasteiger partial charge in [0.1, 0.15) is 12.4 Å². The molecule has 0 spiro atoms. The molecule has 0 unspecified atom stereocenters. The molecule has 1 aromatic heterocycles. The number of nitrogens with one attached hydrogen (secondary N) is 1. The fourth-order valence-corrected chi connectivity index (χ4v) is 6.68. The summed E-state index contributed by atoms with van der Waals surface area (Å²) in [5.41, 5.74) is 4.58. The number of rotatable bonds is 7. The molecule has 5 heterocycles. The van der Waals surface area contributed by atoms with Crippen molar-refractivity contribution in [3.63, 3.8) is 0 Å². The van der Waals surface area contributed by atoms with Crippen LogP contribution in [0.2, 0.25) is 0 Å². The Balaban J connectivity index is 1.21. The lowest BCUT2D eigenvalue weighted by Crippen LogP contribution is -2.57. The molecule has 1 amide bonds. The molecular weight excluding hydrogens is 530 g/mol. The molecule has 1 N–H and O–H groups in total. The molecular formula is C32H37N7O3. The van der Waals surface area contributed by atoms with Crippen LogP contribution in [0, 0.1) is 18.3 Å². The Labute approximate surface area is 246 Å². The van der Waals surface area contributed by atoms with E-state index >= 15 is 0 Å². The smallest absolute Gasteiger partial charge is 0.318 e. The second kappa shape index (κ2) is 11.4. The SMILES string of the molecule is Cc1cccc2cccc(N3CCc4c(nc(OC[C@@H]5CCCO5)nc4N4CCN(C(=O)[C@H]5CN5)[C@@H](CC#N)C4)C3)c12. The summed E-state index contributed by atoms with van der Waals surface area (Å²) in [6.07, 6.45) is 3.18. The number of aryl methyl sites for hydroxylation is 1. The van der Waals surface area contributed by atoms with Gasteiger partial charge in [0, 0.05) is 56.0 Å². The van der Waals surface area contributed by atoms with Crippen LogP contribution in [-0.4, -0.2) is 84.9 Å². The molecule has 0 bridgehead atoms. The van der Waals surface area contributed by atoms with Gasteiger partial charge in [-0.1, -0.05) is 30.3 Å². The molecule has 3 atom stereocenters. The highest BCUT2D eigenvalue weighted by Gasteiger charge is 2.39. The number of benzene rings is 2. The van der Waals surface area contributed by atoms with Gasteiger partial charge in [0.05, 0.1) is 42.9 Å². The maximum absolute atomic E-state index is 12.9. The molecule has 4 aliphatic heterocycles. The number of amides is 1. The van der Waals surface area contributed by atoms with Gasteiger partial charge in [-0.2, -0.15) is 15.2 Å². The quantitative estimate of drug-likeness (QED) is 0.430. The lowest BCUT2D eigenvalue weighted by molar-refractivity contribution is -0.133. The predicted octanol–water partition coefficient (Wildman–Crippen LogP) is 2.96. The summed E-state index contributed by atoms with van der Waals surface area (Å²) >= 11 is 0. The zero-order chi connectivity index (χ0) is 28.6. The van der Waals surface area contributed by atoms with Gasteiger partial charge in [0.2, 0.25) is 5.91 Å². The van der Waals surface area contributed by atoms with Crippen LogP contribution in [0.25, 0.3) is 10.8 Å². The number of fused-ring (bicyclic) bond motifs is 2. The first-order chi connectivity index (χ1) is 20.6. The van der Waals surface area contributed by atoms with Crippen molar-refractivity contribution in [3.05, 3.63) is 53.2 Å². The Morgan fingerprint density at radius 2 is 2.02 bits per heavy atom. The number of carbonyl (C=O) groups is 1. The highest BCUT2D eigenvalue weighted by molar-refractivity contribution is 5.97. The summed E-state index contributed by atoms with van der Waals surface area (Å²) in [4.78, 5) is 29.4. The minimum atomic E-state index is -0.181. The fraction of sp³-hybridized carbons (Fsp3) is 0.500. The van der Waals surface area contributed by atoms with Crippen molar-refractivity contribution in [1.29, 1.82) is 5.26 Å². The largest absolute Gasteiger partial charge is 0.461 e. The van der Waals surface area contributed by atoms with Crippen molar-refractivity contribution in [2.24, 2.45) is 0 Å². The maximum atomic E-state index is 12.9. The number of piperazine rings is 1. The number of carbonyl (C=O) groups excluding carboxylic acids is 1. The zero-order valence-corrected chi connectivity index (χ0v) is 24.1. The molecule has 10 heteroatoms. The number of hydrogen-bond acceptors (Lipinski definition) is 9. The minimum absolute atomic E-state index is 0.0637. The van der Waals surface area contributed by atoms with Gasteiger partial charge in [0.15, 0.2) is 0 Å². The van der Waals surface area contributed by atoms with E-state index in [0.29, 0.717) is 45.2 Å². The monoisotopic (exact) mass is 567 g/mol. The molecule has 4 aliphatic rings. The standard InChI is InChI=1S/C32H37N7O3/c1-21-5-2-6-22-7-3-9-28(29(21)22)37-13-11-25-27(19-37)35-32(42-20-24-8-4-16-41-24)36-30(25)38-14-15-39(23(18-38)10-12-33)31(40)26-17-34-26/h2-3,5-7,9,23-24,26,34H,4,8,10-11,13-20H2,1H3/t23-,24-,26+/m0/s1. The third-order valence-electron chi connectivity index (χ3n) is 8.98. The van der Waals surface area contributed by atoms with Gasteiger partial charge in [0.25, 0.3) is 0 Å². The van der Waals surface area contributed by atoms with E-state index in [1.54, 1.807) is 0 Å². The lowest BCUT2D eigenvalue weighted by Gasteiger charge is -2.42. The van der Waals surface area contributed by atoms with Crippen molar-refractivity contribution in [3.8, 4) is 12.1 Å². The fourth-order valence-electron chi connectivity index (χ4n) is 6.68. The number of hydrogen-bond donors (Lipinski definition) is 1. The number of nitrogens with zero attached hydrogens (tertiary/aromatic N) is 6. The molecule has 7 rings (SSSR count). The lowest BCUT2D eigenvalue weighted by atomic mass is 9.99. The molecule has 0 radical (unpaired) electrons. The summed E-state index contributed by atoms with van der Waals surface area (Å²) in [6.45, 7) is 7.37. The van der Waals surface area contributed by atoms with Gasteiger partial charge in [-0.15, -0.1) is 0 Å². The minimum Gasteiger partial charge on any atom is -0.461 e. The summed E-state index contributed by atoms with van der Waals surface area (Å²) in [6, 6.07) is 15.3. The van der Waals surface area contributed by atoms with Crippen molar-refractivity contribution < 1.29 is 14.3 Å². The van der Waals surface area contributed by atoms with Crippen LogP contribution in [0.3, 0.4) is 0 Å². The second-order valence-electron chi connectivity index (χ2n) is 11.8. The molecule has 42 heavy (non-hydrogen) atoms.